The minimum atomic E-state index is -0.579. The highest BCUT2D eigenvalue weighted by atomic mass is 35.5. The summed E-state index contributed by atoms with van der Waals surface area (Å²) in [7, 11) is 0. The number of rotatable bonds is 3. The second-order valence-corrected chi connectivity index (χ2v) is 7.32. The highest BCUT2D eigenvalue weighted by molar-refractivity contribution is 6.31. The molecule has 0 saturated heterocycles. The van der Waals surface area contributed by atoms with E-state index in [1.165, 1.54) is 18.2 Å². The van der Waals surface area contributed by atoms with E-state index in [-0.39, 0.29) is 12.1 Å². The molecule has 0 spiro atoms. The van der Waals surface area contributed by atoms with Crippen molar-refractivity contribution in [3.8, 4) is 11.4 Å². The molecule has 4 aromatic carbocycles. The number of nitrogens with zero attached hydrogens (tertiary/aromatic N) is 2. The lowest BCUT2D eigenvalue weighted by Crippen LogP contribution is -2.06. The zero-order valence-electron chi connectivity index (χ0n) is 15.2. The van der Waals surface area contributed by atoms with E-state index >= 15 is 0 Å². The van der Waals surface area contributed by atoms with Crippen LogP contribution in [0.1, 0.15) is 5.56 Å². The number of fused-ring (bicyclic) bond motifs is 2. The van der Waals surface area contributed by atoms with Gasteiger partial charge in [-0.2, -0.15) is 0 Å². The molecule has 0 aliphatic rings. The van der Waals surface area contributed by atoms with Gasteiger partial charge < -0.3 is 4.57 Å². The van der Waals surface area contributed by atoms with E-state index in [0.717, 1.165) is 21.9 Å². The molecule has 0 fully saturated rings. The molecule has 0 saturated carbocycles. The Balaban J connectivity index is 1.80. The number of hydrogen-bond acceptors (Lipinski definition) is 1. The summed E-state index contributed by atoms with van der Waals surface area (Å²) in [5.74, 6) is -0.518. The van der Waals surface area contributed by atoms with Gasteiger partial charge in [-0.05, 0) is 41.1 Å². The Bertz CT molecular complexity index is 1350. The average Bonchev–Trinajstić information content (AvgIpc) is 3.07. The third-order valence-electron chi connectivity index (χ3n) is 5.12. The summed E-state index contributed by atoms with van der Waals surface area (Å²) >= 11 is 6.16. The Hall–Kier alpha value is -3.24. The standard InChI is InChI=1S/C24H15ClF2N2/c25-16-11-12-23-22(13-16)28-24(18-8-3-6-15-5-1-2-7-17(15)18)29(23)14-19-20(26)9-4-10-21(19)27/h1-13H,14H2. The minimum Gasteiger partial charge on any atom is -0.319 e. The highest BCUT2D eigenvalue weighted by Gasteiger charge is 2.18. The number of benzene rings is 4. The maximum absolute atomic E-state index is 14.4. The van der Waals surface area contributed by atoms with Gasteiger partial charge in [-0.25, -0.2) is 13.8 Å². The molecule has 0 bridgehead atoms. The molecule has 1 heterocycles. The molecule has 0 radical (unpaired) electrons. The second kappa shape index (κ2) is 6.98. The smallest absolute Gasteiger partial charge is 0.142 e. The molecule has 0 N–H and O–H groups in total. The number of aromatic nitrogens is 2. The molecule has 0 aliphatic carbocycles. The fourth-order valence-electron chi connectivity index (χ4n) is 3.73. The van der Waals surface area contributed by atoms with Crippen molar-refractivity contribution in [2.45, 2.75) is 6.54 Å². The topological polar surface area (TPSA) is 17.8 Å². The van der Waals surface area contributed by atoms with Gasteiger partial charge in [0.2, 0.25) is 0 Å². The monoisotopic (exact) mass is 404 g/mol. The fourth-order valence-corrected chi connectivity index (χ4v) is 3.90. The zero-order chi connectivity index (χ0) is 20.0. The van der Waals surface area contributed by atoms with Crippen LogP contribution in [-0.4, -0.2) is 9.55 Å². The number of halogens is 3. The molecular weight excluding hydrogens is 390 g/mol. The van der Waals surface area contributed by atoms with Crippen LogP contribution in [0.25, 0.3) is 33.2 Å². The van der Waals surface area contributed by atoms with Crippen molar-refractivity contribution < 1.29 is 8.78 Å². The first-order chi connectivity index (χ1) is 14.1. The van der Waals surface area contributed by atoms with Crippen LogP contribution in [0.2, 0.25) is 5.02 Å². The first-order valence-electron chi connectivity index (χ1n) is 9.18. The van der Waals surface area contributed by atoms with Crippen LogP contribution >= 0.6 is 11.6 Å². The van der Waals surface area contributed by atoms with Gasteiger partial charge in [0.25, 0.3) is 0 Å². The van der Waals surface area contributed by atoms with Gasteiger partial charge in [-0.1, -0.05) is 60.1 Å². The van der Waals surface area contributed by atoms with Crippen LogP contribution < -0.4 is 0 Å². The van der Waals surface area contributed by atoms with Gasteiger partial charge in [0.1, 0.15) is 17.5 Å². The quantitative estimate of drug-likeness (QED) is 0.322. The van der Waals surface area contributed by atoms with Crippen molar-refractivity contribution >= 4 is 33.4 Å². The maximum atomic E-state index is 14.4. The highest BCUT2D eigenvalue weighted by Crippen LogP contribution is 2.32. The Morgan fingerprint density at radius 3 is 2.38 bits per heavy atom. The first-order valence-corrected chi connectivity index (χ1v) is 9.56. The Kier molecular flexibility index (Phi) is 4.29. The zero-order valence-corrected chi connectivity index (χ0v) is 16.0. The summed E-state index contributed by atoms with van der Waals surface area (Å²) in [4.78, 5) is 4.78. The molecule has 1 aromatic heterocycles. The van der Waals surface area contributed by atoms with Gasteiger partial charge in [-0.3, -0.25) is 0 Å². The Morgan fingerprint density at radius 1 is 0.828 bits per heavy atom. The average molecular weight is 405 g/mol. The van der Waals surface area contributed by atoms with E-state index in [1.54, 1.807) is 12.1 Å². The summed E-state index contributed by atoms with van der Waals surface area (Å²) < 4.78 is 30.6. The number of hydrogen-bond donors (Lipinski definition) is 0. The van der Waals surface area contributed by atoms with Crippen molar-refractivity contribution in [3.05, 3.63) is 101 Å². The van der Waals surface area contributed by atoms with E-state index < -0.39 is 11.6 Å². The van der Waals surface area contributed by atoms with Crippen LogP contribution in [-0.2, 0) is 6.54 Å². The van der Waals surface area contributed by atoms with Crippen LogP contribution in [0.5, 0.6) is 0 Å². The van der Waals surface area contributed by atoms with Crippen molar-refractivity contribution in [3.63, 3.8) is 0 Å². The lowest BCUT2D eigenvalue weighted by Gasteiger charge is -2.13. The summed E-state index contributed by atoms with van der Waals surface area (Å²) in [5.41, 5.74) is 2.34. The maximum Gasteiger partial charge on any atom is 0.142 e. The summed E-state index contributed by atoms with van der Waals surface area (Å²) in [6.45, 7) is 0.0230. The van der Waals surface area contributed by atoms with Gasteiger partial charge in [0, 0.05) is 16.1 Å². The van der Waals surface area contributed by atoms with Gasteiger partial charge in [0.05, 0.1) is 17.6 Å². The second-order valence-electron chi connectivity index (χ2n) is 6.88. The SMILES string of the molecule is Fc1cccc(F)c1Cn1c(-c2cccc3ccccc23)nc2cc(Cl)ccc21. The van der Waals surface area contributed by atoms with Crippen LogP contribution in [0.15, 0.2) is 78.9 Å². The molecule has 5 aromatic rings. The van der Waals surface area contributed by atoms with E-state index in [9.17, 15) is 8.78 Å². The molecule has 0 unspecified atom stereocenters. The molecule has 5 heteroatoms. The van der Waals surface area contributed by atoms with Gasteiger partial charge in [-0.15, -0.1) is 0 Å². The molecular formula is C24H15ClF2N2. The van der Waals surface area contributed by atoms with Crippen molar-refractivity contribution in [1.82, 2.24) is 9.55 Å². The first kappa shape index (κ1) is 17.8. The third-order valence-corrected chi connectivity index (χ3v) is 5.35. The molecule has 0 aliphatic heterocycles. The molecule has 0 amide bonds. The summed E-state index contributed by atoms with van der Waals surface area (Å²) in [6, 6.07) is 23.2. The van der Waals surface area contributed by atoms with Crippen LogP contribution in [0.3, 0.4) is 0 Å². The van der Waals surface area contributed by atoms with Crippen molar-refractivity contribution in [2.75, 3.05) is 0 Å². The predicted octanol–water partition coefficient (Wildman–Crippen LogP) is 6.84. The van der Waals surface area contributed by atoms with Gasteiger partial charge >= 0.3 is 0 Å². The van der Waals surface area contributed by atoms with Gasteiger partial charge in [0.15, 0.2) is 0 Å². The summed E-state index contributed by atoms with van der Waals surface area (Å²) in [6.07, 6.45) is 0. The molecule has 142 valence electrons. The lowest BCUT2D eigenvalue weighted by molar-refractivity contribution is 0.547. The molecule has 29 heavy (non-hydrogen) atoms. The van der Waals surface area contributed by atoms with E-state index in [2.05, 4.69) is 0 Å². The largest absolute Gasteiger partial charge is 0.319 e. The summed E-state index contributed by atoms with van der Waals surface area (Å²) in [5, 5.41) is 2.65. The minimum absolute atomic E-state index is 0.00300. The molecule has 2 nitrogen and oxygen atoms in total. The third kappa shape index (κ3) is 3.06. The molecule has 0 atom stereocenters. The Labute approximate surface area is 171 Å². The van der Waals surface area contributed by atoms with Crippen LogP contribution in [0.4, 0.5) is 8.78 Å². The van der Waals surface area contributed by atoms with Crippen LogP contribution in [0, 0.1) is 11.6 Å². The Morgan fingerprint density at radius 2 is 1.55 bits per heavy atom. The van der Waals surface area contributed by atoms with E-state index in [4.69, 9.17) is 16.6 Å². The number of imidazole rings is 1. The predicted molar refractivity (Wildman–Crippen MR) is 113 cm³/mol. The van der Waals surface area contributed by atoms with Crippen molar-refractivity contribution in [2.24, 2.45) is 0 Å². The van der Waals surface area contributed by atoms with E-state index in [1.807, 2.05) is 53.1 Å². The molecule has 5 rings (SSSR count). The normalized spacial score (nSPS) is 11.4. The lowest BCUT2D eigenvalue weighted by atomic mass is 10.0. The van der Waals surface area contributed by atoms with E-state index in [0.29, 0.717) is 16.4 Å². The fraction of sp³-hybridized carbons (Fsp3) is 0.0417. The van der Waals surface area contributed by atoms with Crippen molar-refractivity contribution in [1.29, 1.82) is 0 Å².